The van der Waals surface area contributed by atoms with Gasteiger partial charge in [-0.15, -0.1) is 0 Å². The van der Waals surface area contributed by atoms with Crippen molar-refractivity contribution in [3.63, 3.8) is 0 Å². The van der Waals surface area contributed by atoms with Crippen molar-refractivity contribution in [2.24, 2.45) is 0 Å². The molecule has 3 rings (SSSR count). The first-order valence-electron chi connectivity index (χ1n) is 7.40. The molecule has 1 fully saturated rings. The third-order valence-corrected chi connectivity index (χ3v) is 3.74. The number of rotatable bonds is 4. The fourth-order valence-corrected chi connectivity index (χ4v) is 2.44. The Hall–Kier alpha value is -2.69. The molecule has 9 nitrogen and oxygen atoms in total. The third kappa shape index (κ3) is 3.40. The van der Waals surface area contributed by atoms with Crippen LogP contribution in [0.15, 0.2) is 41.6 Å². The number of pyridine rings is 1. The van der Waals surface area contributed by atoms with Gasteiger partial charge in [-0.3, -0.25) is 14.3 Å². The Labute approximate surface area is 140 Å². The molecule has 0 saturated carbocycles. The van der Waals surface area contributed by atoms with E-state index in [9.17, 15) is 19.1 Å². The van der Waals surface area contributed by atoms with Crippen molar-refractivity contribution in [1.82, 2.24) is 14.5 Å². The molecule has 132 valence electrons. The molecule has 0 aromatic carbocycles. The Balaban J connectivity index is 1.78. The standard InChI is InChI=1S/C15H15FN4O5/c16-11-12(22)9(7-21)25-14(11)20-5-3-10(19-15(20)24)18-13(23)8-2-1-4-17-6-8/h1-6,9,11-12,14,21-22H,7H2,(H,18,19,23,24)/t9-,11-,12-,14-/m1/s1. The lowest BCUT2D eigenvalue weighted by Crippen LogP contribution is -2.33. The lowest BCUT2D eigenvalue weighted by Gasteiger charge is -2.16. The number of alkyl halides is 1. The monoisotopic (exact) mass is 350 g/mol. The minimum absolute atomic E-state index is 0.0252. The van der Waals surface area contributed by atoms with E-state index in [0.717, 1.165) is 4.57 Å². The predicted octanol–water partition coefficient (Wildman–Crippen LogP) is -0.521. The summed E-state index contributed by atoms with van der Waals surface area (Å²) in [5.41, 5.74) is -0.590. The number of nitrogens with one attached hydrogen (secondary N) is 1. The summed E-state index contributed by atoms with van der Waals surface area (Å²) >= 11 is 0. The maximum Gasteiger partial charge on any atom is 0.351 e. The zero-order valence-electron chi connectivity index (χ0n) is 12.8. The average Bonchev–Trinajstić information content (AvgIpc) is 2.91. The highest BCUT2D eigenvalue weighted by Crippen LogP contribution is 2.30. The molecule has 1 amide bonds. The van der Waals surface area contributed by atoms with Crippen LogP contribution in [0.1, 0.15) is 16.6 Å². The van der Waals surface area contributed by atoms with Gasteiger partial charge in [0, 0.05) is 18.6 Å². The van der Waals surface area contributed by atoms with Crippen LogP contribution in [0.2, 0.25) is 0 Å². The Morgan fingerprint density at radius 2 is 2.24 bits per heavy atom. The molecule has 3 heterocycles. The maximum atomic E-state index is 14.1. The SMILES string of the molecule is O=C(Nc1ccn([C@@H]2O[C@H](CO)[C@@H](O)[C@H]2F)c(=O)n1)c1cccnc1. The third-order valence-electron chi connectivity index (χ3n) is 3.74. The van der Waals surface area contributed by atoms with Crippen molar-refractivity contribution in [3.8, 4) is 0 Å². The Kier molecular flexibility index (Phi) is 4.83. The smallest absolute Gasteiger partial charge is 0.351 e. The summed E-state index contributed by atoms with van der Waals surface area (Å²) in [5, 5.41) is 21.1. The number of aromatic nitrogens is 3. The number of aliphatic hydroxyl groups excluding tert-OH is 2. The van der Waals surface area contributed by atoms with Crippen LogP contribution >= 0.6 is 0 Å². The Bertz CT molecular complexity index is 815. The van der Waals surface area contributed by atoms with E-state index in [2.05, 4.69) is 15.3 Å². The van der Waals surface area contributed by atoms with E-state index in [-0.39, 0.29) is 11.4 Å². The highest BCUT2D eigenvalue weighted by molar-refractivity contribution is 6.03. The number of hydrogen-bond donors (Lipinski definition) is 3. The number of hydrogen-bond acceptors (Lipinski definition) is 7. The molecular formula is C15H15FN4O5. The van der Waals surface area contributed by atoms with Gasteiger partial charge in [-0.05, 0) is 18.2 Å². The number of anilines is 1. The highest BCUT2D eigenvalue weighted by atomic mass is 19.1. The number of aliphatic hydroxyl groups is 2. The van der Waals surface area contributed by atoms with Gasteiger partial charge in [0.1, 0.15) is 18.0 Å². The molecule has 4 atom stereocenters. The van der Waals surface area contributed by atoms with Crippen molar-refractivity contribution >= 4 is 11.7 Å². The Morgan fingerprint density at radius 3 is 2.84 bits per heavy atom. The molecule has 3 N–H and O–H groups in total. The molecule has 0 radical (unpaired) electrons. The summed E-state index contributed by atoms with van der Waals surface area (Å²) in [7, 11) is 0. The molecule has 10 heteroatoms. The van der Waals surface area contributed by atoms with Gasteiger partial charge in [0.05, 0.1) is 12.2 Å². The molecule has 1 aliphatic rings. The van der Waals surface area contributed by atoms with Crippen LogP contribution in [-0.2, 0) is 4.74 Å². The van der Waals surface area contributed by atoms with Crippen LogP contribution in [0.25, 0.3) is 0 Å². The van der Waals surface area contributed by atoms with E-state index < -0.39 is 42.8 Å². The van der Waals surface area contributed by atoms with Crippen LogP contribution in [0, 0.1) is 0 Å². The van der Waals surface area contributed by atoms with Gasteiger partial charge in [0.25, 0.3) is 5.91 Å². The molecule has 0 aliphatic carbocycles. The fraction of sp³-hybridized carbons (Fsp3) is 0.333. The quantitative estimate of drug-likeness (QED) is 0.677. The van der Waals surface area contributed by atoms with Crippen molar-refractivity contribution in [3.05, 3.63) is 52.8 Å². The zero-order chi connectivity index (χ0) is 18.0. The lowest BCUT2D eigenvalue weighted by molar-refractivity contribution is -0.0490. The molecule has 1 saturated heterocycles. The normalized spacial score (nSPS) is 25.7. The lowest BCUT2D eigenvalue weighted by atomic mass is 10.1. The van der Waals surface area contributed by atoms with Crippen LogP contribution in [0.5, 0.6) is 0 Å². The number of carbonyl (C=O) groups is 1. The van der Waals surface area contributed by atoms with Gasteiger partial charge in [0.15, 0.2) is 12.4 Å². The van der Waals surface area contributed by atoms with E-state index in [1.807, 2.05) is 0 Å². The van der Waals surface area contributed by atoms with Crippen molar-refractivity contribution < 1.29 is 24.1 Å². The summed E-state index contributed by atoms with van der Waals surface area (Å²) < 4.78 is 20.1. The van der Waals surface area contributed by atoms with Crippen molar-refractivity contribution in [2.75, 3.05) is 11.9 Å². The summed E-state index contributed by atoms with van der Waals surface area (Å²) in [4.78, 5) is 31.6. The first-order valence-corrected chi connectivity index (χ1v) is 7.40. The van der Waals surface area contributed by atoms with Crippen LogP contribution < -0.4 is 11.0 Å². The van der Waals surface area contributed by atoms with Gasteiger partial charge >= 0.3 is 5.69 Å². The van der Waals surface area contributed by atoms with Crippen LogP contribution in [0.4, 0.5) is 10.2 Å². The first kappa shape index (κ1) is 17.1. The van der Waals surface area contributed by atoms with Gasteiger partial charge in [-0.25, -0.2) is 9.18 Å². The molecule has 25 heavy (non-hydrogen) atoms. The van der Waals surface area contributed by atoms with Crippen molar-refractivity contribution in [2.45, 2.75) is 24.6 Å². The van der Waals surface area contributed by atoms with Crippen molar-refractivity contribution in [1.29, 1.82) is 0 Å². The first-order chi connectivity index (χ1) is 12.0. The van der Waals surface area contributed by atoms with E-state index >= 15 is 0 Å². The average molecular weight is 350 g/mol. The molecule has 0 bridgehead atoms. The van der Waals surface area contributed by atoms with Gasteiger partial charge in [-0.1, -0.05) is 0 Å². The summed E-state index contributed by atoms with van der Waals surface area (Å²) in [6.07, 6.45) is -1.92. The summed E-state index contributed by atoms with van der Waals surface area (Å²) in [6.45, 7) is -0.584. The predicted molar refractivity (Wildman–Crippen MR) is 82.6 cm³/mol. The van der Waals surface area contributed by atoms with E-state index in [4.69, 9.17) is 9.84 Å². The van der Waals surface area contributed by atoms with Crippen LogP contribution in [-0.4, -0.2) is 55.6 Å². The number of nitrogens with zero attached hydrogens (tertiary/aromatic N) is 3. The largest absolute Gasteiger partial charge is 0.394 e. The minimum atomic E-state index is -1.90. The summed E-state index contributed by atoms with van der Waals surface area (Å²) in [6, 6.07) is 4.42. The summed E-state index contributed by atoms with van der Waals surface area (Å²) in [5.74, 6) is -0.531. The molecule has 2 aromatic rings. The second-order valence-electron chi connectivity index (χ2n) is 5.38. The van der Waals surface area contributed by atoms with Gasteiger partial charge in [0.2, 0.25) is 0 Å². The minimum Gasteiger partial charge on any atom is -0.394 e. The van der Waals surface area contributed by atoms with Gasteiger partial charge in [-0.2, -0.15) is 4.98 Å². The van der Waals surface area contributed by atoms with E-state index in [1.165, 1.54) is 24.7 Å². The second-order valence-corrected chi connectivity index (χ2v) is 5.38. The number of ether oxygens (including phenoxy) is 1. The Morgan fingerprint density at radius 1 is 1.44 bits per heavy atom. The molecule has 1 aliphatic heterocycles. The highest BCUT2D eigenvalue weighted by Gasteiger charge is 2.45. The molecular weight excluding hydrogens is 335 g/mol. The van der Waals surface area contributed by atoms with Gasteiger partial charge < -0.3 is 20.3 Å². The number of amides is 1. The number of halogens is 1. The molecule has 2 aromatic heterocycles. The second kappa shape index (κ2) is 7.05. The molecule has 0 spiro atoms. The maximum absolute atomic E-state index is 14.1. The molecule has 0 unspecified atom stereocenters. The van der Waals surface area contributed by atoms with E-state index in [0.29, 0.717) is 0 Å². The fourth-order valence-electron chi connectivity index (χ4n) is 2.44. The van der Waals surface area contributed by atoms with E-state index in [1.54, 1.807) is 12.1 Å². The van der Waals surface area contributed by atoms with Crippen LogP contribution in [0.3, 0.4) is 0 Å². The zero-order valence-corrected chi connectivity index (χ0v) is 12.8. The topological polar surface area (TPSA) is 127 Å². The number of carbonyl (C=O) groups excluding carboxylic acids is 1.